The fourth-order valence-electron chi connectivity index (χ4n) is 3.05. The van der Waals surface area contributed by atoms with E-state index in [4.69, 9.17) is 0 Å². The molecule has 4 unspecified atom stereocenters. The van der Waals surface area contributed by atoms with Gasteiger partial charge in [-0.05, 0) is 31.4 Å². The summed E-state index contributed by atoms with van der Waals surface area (Å²) >= 11 is 3.51. The Hall–Kier alpha value is -0.560. The van der Waals surface area contributed by atoms with Crippen LogP contribution >= 0.6 is 23.5 Å². The molecule has 4 atom stereocenters. The lowest BCUT2D eigenvalue weighted by Gasteiger charge is -2.28. The first-order valence-electron chi connectivity index (χ1n) is 7.61. The molecule has 0 bridgehead atoms. The van der Waals surface area contributed by atoms with Gasteiger partial charge in [-0.3, -0.25) is 4.90 Å². The molecule has 2 aliphatic rings. The van der Waals surface area contributed by atoms with E-state index in [1.54, 1.807) is 11.8 Å². The SMILES string of the molecule is CCSC1CCC(NC(=O)N2C(CC)SCC2C(=O)O)C1. The number of thioether (sulfide) groups is 2. The molecule has 120 valence electrons. The Morgan fingerprint density at radius 1 is 1.38 bits per heavy atom. The lowest BCUT2D eigenvalue weighted by Crippen LogP contribution is -2.52. The van der Waals surface area contributed by atoms with E-state index in [1.807, 2.05) is 18.7 Å². The van der Waals surface area contributed by atoms with E-state index in [0.29, 0.717) is 11.0 Å². The fourth-order valence-corrected chi connectivity index (χ4v) is 5.54. The summed E-state index contributed by atoms with van der Waals surface area (Å²) in [5.74, 6) is 0.687. The minimum Gasteiger partial charge on any atom is -0.480 e. The minimum atomic E-state index is -0.903. The highest BCUT2D eigenvalue weighted by molar-refractivity contribution is 8.00. The Morgan fingerprint density at radius 2 is 2.14 bits per heavy atom. The van der Waals surface area contributed by atoms with Gasteiger partial charge in [0.1, 0.15) is 6.04 Å². The first kappa shape index (κ1) is 16.8. The molecule has 5 nitrogen and oxygen atoms in total. The molecule has 1 saturated carbocycles. The maximum absolute atomic E-state index is 12.5. The number of hydrogen-bond donors (Lipinski definition) is 2. The third-order valence-electron chi connectivity index (χ3n) is 4.08. The van der Waals surface area contributed by atoms with Gasteiger partial charge < -0.3 is 10.4 Å². The number of nitrogens with zero attached hydrogens (tertiary/aromatic N) is 1. The Kier molecular flexibility index (Phi) is 6.10. The van der Waals surface area contributed by atoms with Crippen LogP contribution in [0.2, 0.25) is 0 Å². The molecule has 1 heterocycles. The van der Waals surface area contributed by atoms with Crippen molar-refractivity contribution in [3.63, 3.8) is 0 Å². The van der Waals surface area contributed by atoms with Gasteiger partial charge in [-0.15, -0.1) is 11.8 Å². The Labute approximate surface area is 134 Å². The molecule has 2 fully saturated rings. The van der Waals surface area contributed by atoms with E-state index in [-0.39, 0.29) is 17.4 Å². The fraction of sp³-hybridized carbons (Fsp3) is 0.857. The van der Waals surface area contributed by atoms with Crippen LogP contribution in [0.1, 0.15) is 39.5 Å². The van der Waals surface area contributed by atoms with Crippen molar-refractivity contribution in [3.8, 4) is 0 Å². The van der Waals surface area contributed by atoms with E-state index < -0.39 is 12.0 Å². The average molecular weight is 332 g/mol. The van der Waals surface area contributed by atoms with E-state index in [9.17, 15) is 14.7 Å². The second-order valence-corrected chi connectivity index (χ2v) is 8.28. The summed E-state index contributed by atoms with van der Waals surface area (Å²) in [7, 11) is 0. The molecule has 0 aromatic rings. The van der Waals surface area contributed by atoms with Gasteiger partial charge in [-0.2, -0.15) is 11.8 Å². The van der Waals surface area contributed by atoms with Crippen LogP contribution in [0, 0.1) is 0 Å². The predicted molar refractivity (Wildman–Crippen MR) is 87.9 cm³/mol. The molecule has 0 aromatic carbocycles. The van der Waals surface area contributed by atoms with Gasteiger partial charge in [-0.1, -0.05) is 13.8 Å². The zero-order valence-electron chi connectivity index (χ0n) is 12.6. The summed E-state index contributed by atoms with van der Waals surface area (Å²) in [6.45, 7) is 4.15. The van der Waals surface area contributed by atoms with Crippen molar-refractivity contribution in [2.75, 3.05) is 11.5 Å². The first-order valence-corrected chi connectivity index (χ1v) is 9.71. The quantitative estimate of drug-likeness (QED) is 0.810. The smallest absolute Gasteiger partial charge is 0.327 e. The van der Waals surface area contributed by atoms with Crippen molar-refractivity contribution in [2.24, 2.45) is 0 Å². The first-order chi connectivity index (χ1) is 10.1. The van der Waals surface area contributed by atoms with Crippen LogP contribution in [0.25, 0.3) is 0 Å². The molecule has 0 spiro atoms. The summed E-state index contributed by atoms with van der Waals surface area (Å²) in [4.78, 5) is 25.3. The molecule has 7 heteroatoms. The molecule has 1 aliphatic heterocycles. The summed E-state index contributed by atoms with van der Waals surface area (Å²) in [6, 6.07) is -0.701. The lowest BCUT2D eigenvalue weighted by atomic mass is 10.2. The van der Waals surface area contributed by atoms with E-state index in [1.165, 1.54) is 4.90 Å². The number of urea groups is 1. The number of nitrogens with one attached hydrogen (secondary N) is 1. The normalized spacial score (nSPS) is 32.4. The zero-order valence-corrected chi connectivity index (χ0v) is 14.2. The zero-order chi connectivity index (χ0) is 15.4. The highest BCUT2D eigenvalue weighted by Gasteiger charge is 2.41. The van der Waals surface area contributed by atoms with Crippen molar-refractivity contribution in [1.82, 2.24) is 10.2 Å². The Bertz CT molecular complexity index is 394. The van der Waals surface area contributed by atoms with Gasteiger partial charge in [0.15, 0.2) is 0 Å². The largest absolute Gasteiger partial charge is 0.480 e. The van der Waals surface area contributed by atoms with Gasteiger partial charge in [0.25, 0.3) is 0 Å². The Morgan fingerprint density at radius 3 is 2.76 bits per heavy atom. The van der Waals surface area contributed by atoms with E-state index >= 15 is 0 Å². The maximum Gasteiger partial charge on any atom is 0.327 e. The van der Waals surface area contributed by atoms with Crippen LogP contribution in [-0.4, -0.2) is 56.2 Å². The summed E-state index contributed by atoms with van der Waals surface area (Å²) < 4.78 is 0. The topological polar surface area (TPSA) is 69.6 Å². The van der Waals surface area contributed by atoms with Gasteiger partial charge in [0.2, 0.25) is 0 Å². The highest BCUT2D eigenvalue weighted by Crippen LogP contribution is 2.33. The minimum absolute atomic E-state index is 0.0201. The second kappa shape index (κ2) is 7.63. The predicted octanol–water partition coefficient (Wildman–Crippen LogP) is 2.61. The maximum atomic E-state index is 12.5. The van der Waals surface area contributed by atoms with Gasteiger partial charge >= 0.3 is 12.0 Å². The molecular formula is C14H24N2O3S2. The van der Waals surface area contributed by atoms with Crippen LogP contribution in [0.3, 0.4) is 0 Å². The summed E-state index contributed by atoms with van der Waals surface area (Å²) in [5.41, 5.74) is 0. The number of carboxylic acids is 1. The van der Waals surface area contributed by atoms with Crippen LogP contribution in [-0.2, 0) is 4.79 Å². The molecule has 2 rings (SSSR count). The van der Waals surface area contributed by atoms with Crippen molar-refractivity contribution < 1.29 is 14.7 Å². The van der Waals surface area contributed by atoms with Crippen molar-refractivity contribution >= 4 is 35.5 Å². The number of carboxylic acid groups (broad SMARTS) is 1. The van der Waals surface area contributed by atoms with Gasteiger partial charge in [0, 0.05) is 17.0 Å². The van der Waals surface area contributed by atoms with Crippen molar-refractivity contribution in [3.05, 3.63) is 0 Å². The van der Waals surface area contributed by atoms with Crippen molar-refractivity contribution in [1.29, 1.82) is 0 Å². The molecule has 1 aliphatic carbocycles. The average Bonchev–Trinajstić information content (AvgIpc) is 3.05. The molecular weight excluding hydrogens is 308 g/mol. The monoisotopic (exact) mass is 332 g/mol. The van der Waals surface area contributed by atoms with Crippen LogP contribution in [0.5, 0.6) is 0 Å². The summed E-state index contributed by atoms with van der Waals surface area (Å²) in [5, 5.41) is 12.9. The van der Waals surface area contributed by atoms with Crippen LogP contribution in [0.4, 0.5) is 4.79 Å². The number of rotatable bonds is 5. The third-order valence-corrected chi connectivity index (χ3v) is 6.76. The van der Waals surface area contributed by atoms with Crippen molar-refractivity contribution in [2.45, 2.75) is 62.2 Å². The number of carbonyl (C=O) groups excluding carboxylic acids is 1. The molecule has 21 heavy (non-hydrogen) atoms. The van der Waals surface area contributed by atoms with Gasteiger partial charge in [-0.25, -0.2) is 9.59 Å². The Balaban J connectivity index is 1.93. The summed E-state index contributed by atoms with van der Waals surface area (Å²) in [6.07, 6.45) is 3.91. The highest BCUT2D eigenvalue weighted by atomic mass is 32.2. The molecule has 2 amide bonds. The molecule has 0 radical (unpaired) electrons. The lowest BCUT2D eigenvalue weighted by molar-refractivity contribution is -0.141. The molecule has 2 N–H and O–H groups in total. The number of aliphatic carboxylic acids is 1. The molecule has 1 saturated heterocycles. The van der Waals surface area contributed by atoms with E-state index in [2.05, 4.69) is 12.2 Å². The third kappa shape index (κ3) is 4.00. The number of hydrogen-bond acceptors (Lipinski definition) is 4. The second-order valence-electron chi connectivity index (χ2n) is 5.49. The standard InChI is InChI=1S/C14H24N2O3S2/c1-3-12-16(11(8-21-12)13(17)18)14(19)15-9-5-6-10(7-9)20-4-2/h9-12H,3-8H2,1-2H3,(H,15,19)(H,17,18). The van der Waals surface area contributed by atoms with Crippen LogP contribution < -0.4 is 5.32 Å². The molecule has 0 aromatic heterocycles. The van der Waals surface area contributed by atoms with Crippen LogP contribution in [0.15, 0.2) is 0 Å². The number of amides is 2. The van der Waals surface area contributed by atoms with E-state index in [0.717, 1.165) is 31.4 Å². The van der Waals surface area contributed by atoms with Gasteiger partial charge in [0.05, 0.1) is 5.37 Å². The number of carbonyl (C=O) groups is 2.